The Morgan fingerprint density at radius 2 is 1.71 bits per heavy atom. The van der Waals surface area contributed by atoms with Gasteiger partial charge in [0.2, 0.25) is 0 Å². The predicted octanol–water partition coefficient (Wildman–Crippen LogP) is 4.67. The Morgan fingerprint density at radius 1 is 0.964 bits per heavy atom. The maximum atomic E-state index is 5.66. The summed E-state index contributed by atoms with van der Waals surface area (Å²) in [6.45, 7) is 4.77. The van der Waals surface area contributed by atoms with E-state index in [9.17, 15) is 0 Å². The minimum Gasteiger partial charge on any atom is -0.496 e. The van der Waals surface area contributed by atoms with Crippen molar-refractivity contribution in [2.75, 3.05) is 24.3 Å². The average Bonchev–Trinajstić information content (AvgIpc) is 2.70. The number of rotatable bonds is 9. The molecule has 3 aromatic rings. The van der Waals surface area contributed by atoms with E-state index in [0.29, 0.717) is 0 Å². The Kier molecular flexibility index (Phi) is 6.68. The number of para-hydroxylation sites is 1. The standard InChI is InChI=1S/C22H26N4O2/c1-16(2)28-19-10-8-18(9-11-19)26-22-14-21(24-15-25-22)23-13-12-17-6-4-5-7-20(17)27-3/h4-11,14-16H,12-13H2,1-3H3,(H2,23,24,25,26). The van der Waals surface area contributed by atoms with E-state index in [0.717, 1.165) is 47.4 Å². The minimum absolute atomic E-state index is 0.158. The van der Waals surface area contributed by atoms with E-state index >= 15 is 0 Å². The van der Waals surface area contributed by atoms with Gasteiger partial charge >= 0.3 is 0 Å². The second-order valence-corrected chi connectivity index (χ2v) is 6.59. The summed E-state index contributed by atoms with van der Waals surface area (Å²) in [5, 5.41) is 6.62. The first-order valence-electron chi connectivity index (χ1n) is 9.35. The molecule has 2 aromatic carbocycles. The van der Waals surface area contributed by atoms with Gasteiger partial charge in [-0.05, 0) is 56.2 Å². The van der Waals surface area contributed by atoms with Crippen LogP contribution in [-0.4, -0.2) is 29.7 Å². The van der Waals surface area contributed by atoms with Gasteiger partial charge in [0.05, 0.1) is 13.2 Å². The van der Waals surface area contributed by atoms with Crippen molar-refractivity contribution >= 4 is 17.3 Å². The topological polar surface area (TPSA) is 68.3 Å². The second-order valence-electron chi connectivity index (χ2n) is 6.59. The third-order valence-electron chi connectivity index (χ3n) is 4.06. The lowest BCUT2D eigenvalue weighted by Gasteiger charge is -2.12. The minimum atomic E-state index is 0.158. The number of methoxy groups -OCH3 is 1. The van der Waals surface area contributed by atoms with Crippen LogP contribution in [0.1, 0.15) is 19.4 Å². The zero-order valence-corrected chi connectivity index (χ0v) is 16.5. The molecule has 0 saturated heterocycles. The zero-order chi connectivity index (χ0) is 19.8. The molecule has 0 unspecified atom stereocenters. The third kappa shape index (κ3) is 5.61. The van der Waals surface area contributed by atoms with Crippen LogP contribution in [0.5, 0.6) is 11.5 Å². The summed E-state index contributed by atoms with van der Waals surface area (Å²) in [5.41, 5.74) is 2.10. The van der Waals surface area contributed by atoms with Crippen molar-refractivity contribution in [3.8, 4) is 11.5 Å². The smallest absolute Gasteiger partial charge is 0.135 e. The van der Waals surface area contributed by atoms with Gasteiger partial charge in [-0.2, -0.15) is 0 Å². The zero-order valence-electron chi connectivity index (χ0n) is 16.5. The van der Waals surface area contributed by atoms with Gasteiger partial charge in [0.1, 0.15) is 29.5 Å². The van der Waals surface area contributed by atoms with Crippen molar-refractivity contribution in [2.45, 2.75) is 26.4 Å². The Hall–Kier alpha value is -3.28. The van der Waals surface area contributed by atoms with Crippen molar-refractivity contribution in [3.63, 3.8) is 0 Å². The van der Waals surface area contributed by atoms with Gasteiger partial charge in [-0.15, -0.1) is 0 Å². The molecule has 0 fully saturated rings. The summed E-state index contributed by atoms with van der Waals surface area (Å²) in [4.78, 5) is 8.57. The summed E-state index contributed by atoms with van der Waals surface area (Å²) in [5.74, 6) is 3.25. The Bertz CT molecular complexity index is 882. The fourth-order valence-corrected chi connectivity index (χ4v) is 2.79. The highest BCUT2D eigenvalue weighted by Crippen LogP contribution is 2.21. The van der Waals surface area contributed by atoms with Crippen LogP contribution in [0, 0.1) is 0 Å². The Labute approximate surface area is 166 Å². The number of ether oxygens (including phenoxy) is 2. The van der Waals surface area contributed by atoms with Crippen LogP contribution in [0.15, 0.2) is 60.9 Å². The third-order valence-corrected chi connectivity index (χ3v) is 4.06. The maximum Gasteiger partial charge on any atom is 0.135 e. The second kappa shape index (κ2) is 9.60. The number of nitrogens with one attached hydrogen (secondary N) is 2. The van der Waals surface area contributed by atoms with E-state index in [1.807, 2.05) is 62.4 Å². The number of aromatic nitrogens is 2. The van der Waals surface area contributed by atoms with Crippen LogP contribution in [0.2, 0.25) is 0 Å². The molecular weight excluding hydrogens is 352 g/mol. The van der Waals surface area contributed by atoms with Crippen LogP contribution in [0.3, 0.4) is 0 Å². The highest BCUT2D eigenvalue weighted by atomic mass is 16.5. The van der Waals surface area contributed by atoms with Gasteiger partial charge in [0.25, 0.3) is 0 Å². The van der Waals surface area contributed by atoms with E-state index < -0.39 is 0 Å². The monoisotopic (exact) mass is 378 g/mol. The van der Waals surface area contributed by atoms with Crippen LogP contribution < -0.4 is 20.1 Å². The van der Waals surface area contributed by atoms with Crippen molar-refractivity contribution in [3.05, 3.63) is 66.5 Å². The van der Waals surface area contributed by atoms with Gasteiger partial charge in [-0.25, -0.2) is 9.97 Å². The van der Waals surface area contributed by atoms with Gasteiger partial charge < -0.3 is 20.1 Å². The lowest BCUT2D eigenvalue weighted by Crippen LogP contribution is -2.08. The fraction of sp³-hybridized carbons (Fsp3) is 0.273. The van der Waals surface area contributed by atoms with Gasteiger partial charge in [-0.1, -0.05) is 18.2 Å². The van der Waals surface area contributed by atoms with E-state index in [4.69, 9.17) is 9.47 Å². The number of nitrogens with zero attached hydrogens (tertiary/aromatic N) is 2. The lowest BCUT2D eigenvalue weighted by molar-refractivity contribution is 0.242. The normalized spacial score (nSPS) is 10.6. The molecule has 1 aromatic heterocycles. The predicted molar refractivity (Wildman–Crippen MR) is 113 cm³/mol. The Balaban J connectivity index is 1.56. The molecule has 3 rings (SSSR count). The van der Waals surface area contributed by atoms with Crippen molar-refractivity contribution < 1.29 is 9.47 Å². The molecule has 0 amide bonds. The molecule has 6 nitrogen and oxygen atoms in total. The summed E-state index contributed by atoms with van der Waals surface area (Å²) >= 11 is 0. The summed E-state index contributed by atoms with van der Waals surface area (Å²) in [6.07, 6.45) is 2.54. The Morgan fingerprint density at radius 3 is 2.46 bits per heavy atom. The molecule has 1 heterocycles. The molecule has 0 aliphatic heterocycles. The molecule has 6 heteroatoms. The lowest BCUT2D eigenvalue weighted by atomic mass is 10.1. The van der Waals surface area contributed by atoms with Gasteiger partial charge in [0, 0.05) is 18.3 Å². The van der Waals surface area contributed by atoms with Crippen LogP contribution in [0.4, 0.5) is 17.3 Å². The molecule has 2 N–H and O–H groups in total. The highest BCUT2D eigenvalue weighted by Gasteiger charge is 2.04. The number of hydrogen-bond acceptors (Lipinski definition) is 6. The maximum absolute atomic E-state index is 5.66. The van der Waals surface area contributed by atoms with E-state index in [2.05, 4.69) is 26.7 Å². The highest BCUT2D eigenvalue weighted by molar-refractivity contribution is 5.59. The summed E-state index contributed by atoms with van der Waals surface area (Å²) in [6, 6.07) is 17.7. The van der Waals surface area contributed by atoms with Crippen LogP contribution in [0.25, 0.3) is 0 Å². The van der Waals surface area contributed by atoms with Crippen LogP contribution in [-0.2, 0) is 6.42 Å². The first-order chi connectivity index (χ1) is 13.6. The van der Waals surface area contributed by atoms with Crippen LogP contribution >= 0.6 is 0 Å². The molecule has 146 valence electrons. The number of anilines is 3. The fourth-order valence-electron chi connectivity index (χ4n) is 2.79. The molecule has 0 radical (unpaired) electrons. The molecule has 0 saturated carbocycles. The number of benzene rings is 2. The van der Waals surface area contributed by atoms with Crippen molar-refractivity contribution in [1.82, 2.24) is 9.97 Å². The molecular formula is C22H26N4O2. The first-order valence-corrected chi connectivity index (χ1v) is 9.35. The molecule has 28 heavy (non-hydrogen) atoms. The first kappa shape index (κ1) is 19.5. The molecule has 0 aliphatic rings. The summed E-state index contributed by atoms with van der Waals surface area (Å²) < 4.78 is 11.1. The molecule has 0 aliphatic carbocycles. The van der Waals surface area contributed by atoms with E-state index in [-0.39, 0.29) is 6.10 Å². The van der Waals surface area contributed by atoms with Crippen molar-refractivity contribution in [1.29, 1.82) is 0 Å². The number of hydrogen-bond donors (Lipinski definition) is 2. The largest absolute Gasteiger partial charge is 0.496 e. The average molecular weight is 378 g/mol. The quantitative estimate of drug-likeness (QED) is 0.564. The molecule has 0 spiro atoms. The van der Waals surface area contributed by atoms with Gasteiger partial charge in [0.15, 0.2) is 0 Å². The van der Waals surface area contributed by atoms with Crippen molar-refractivity contribution in [2.24, 2.45) is 0 Å². The van der Waals surface area contributed by atoms with E-state index in [1.54, 1.807) is 13.4 Å². The van der Waals surface area contributed by atoms with Gasteiger partial charge in [-0.3, -0.25) is 0 Å². The molecule has 0 bridgehead atoms. The SMILES string of the molecule is COc1ccccc1CCNc1cc(Nc2ccc(OC(C)C)cc2)ncn1. The molecule has 0 atom stereocenters. The summed E-state index contributed by atoms with van der Waals surface area (Å²) in [7, 11) is 1.69. The van der Waals surface area contributed by atoms with E-state index in [1.165, 1.54) is 0 Å².